The van der Waals surface area contributed by atoms with Crippen molar-refractivity contribution in [2.45, 2.75) is 25.4 Å². The maximum Gasteiger partial charge on any atom is 0.151 e. The smallest absolute Gasteiger partial charge is 0.151 e. The second-order valence-corrected chi connectivity index (χ2v) is 7.58. The van der Waals surface area contributed by atoms with Gasteiger partial charge >= 0.3 is 0 Å². The van der Waals surface area contributed by atoms with Gasteiger partial charge in [0.2, 0.25) is 0 Å². The summed E-state index contributed by atoms with van der Waals surface area (Å²) in [6, 6.07) is 5.35. The molecule has 1 atom stereocenters. The van der Waals surface area contributed by atoms with Crippen molar-refractivity contribution in [3.8, 4) is 0 Å². The van der Waals surface area contributed by atoms with Crippen LogP contribution in [0, 0.1) is 0 Å². The lowest BCUT2D eigenvalue weighted by Gasteiger charge is -2.23. The maximum atomic E-state index is 11.5. The van der Waals surface area contributed by atoms with E-state index >= 15 is 0 Å². The molecule has 0 aliphatic carbocycles. The van der Waals surface area contributed by atoms with E-state index in [1.54, 1.807) is 18.2 Å². The van der Waals surface area contributed by atoms with E-state index in [1.165, 1.54) is 0 Å². The van der Waals surface area contributed by atoms with Crippen LogP contribution >= 0.6 is 23.2 Å². The lowest BCUT2D eigenvalue weighted by atomic mass is 10.1. The summed E-state index contributed by atoms with van der Waals surface area (Å²) in [4.78, 5) is 0. The highest BCUT2D eigenvalue weighted by molar-refractivity contribution is 7.91. The van der Waals surface area contributed by atoms with Gasteiger partial charge in [0.25, 0.3) is 0 Å². The zero-order chi connectivity index (χ0) is 13.2. The molecule has 0 amide bonds. The van der Waals surface area contributed by atoms with Crippen molar-refractivity contribution in [2.24, 2.45) is 0 Å². The molecule has 0 radical (unpaired) electrons. The number of hydrogen-bond donors (Lipinski definition) is 1. The fourth-order valence-electron chi connectivity index (χ4n) is 2.13. The van der Waals surface area contributed by atoms with Crippen molar-refractivity contribution in [2.75, 3.05) is 11.5 Å². The van der Waals surface area contributed by atoms with E-state index in [9.17, 15) is 8.42 Å². The zero-order valence-corrected chi connectivity index (χ0v) is 12.2. The van der Waals surface area contributed by atoms with Gasteiger partial charge in [-0.3, -0.25) is 0 Å². The molecule has 1 fully saturated rings. The van der Waals surface area contributed by atoms with Crippen molar-refractivity contribution in [3.05, 3.63) is 33.8 Å². The molecule has 1 unspecified atom stereocenters. The summed E-state index contributed by atoms with van der Waals surface area (Å²) < 4.78 is 23.0. The molecule has 1 aliphatic heterocycles. The lowest BCUT2D eigenvalue weighted by molar-refractivity contribution is 0.480. The summed E-state index contributed by atoms with van der Waals surface area (Å²) in [5.74, 6) is 0.507. The Morgan fingerprint density at radius 2 is 1.94 bits per heavy atom. The third kappa shape index (κ3) is 3.60. The first kappa shape index (κ1) is 14.1. The third-order valence-electron chi connectivity index (χ3n) is 3.09. The molecule has 0 aromatic heterocycles. The van der Waals surface area contributed by atoms with Crippen molar-refractivity contribution < 1.29 is 8.42 Å². The van der Waals surface area contributed by atoms with E-state index in [2.05, 4.69) is 5.32 Å². The van der Waals surface area contributed by atoms with Crippen LogP contribution in [0.25, 0.3) is 0 Å². The molecule has 2 rings (SSSR count). The highest BCUT2D eigenvalue weighted by atomic mass is 35.5. The zero-order valence-electron chi connectivity index (χ0n) is 9.83. The van der Waals surface area contributed by atoms with Gasteiger partial charge < -0.3 is 5.32 Å². The van der Waals surface area contributed by atoms with Gasteiger partial charge in [0.15, 0.2) is 9.84 Å². The molecule has 3 nitrogen and oxygen atoms in total. The van der Waals surface area contributed by atoms with Gasteiger partial charge in [0.1, 0.15) is 0 Å². The summed E-state index contributed by atoms with van der Waals surface area (Å²) in [5, 5.41) is 4.44. The summed E-state index contributed by atoms with van der Waals surface area (Å²) in [6.07, 6.45) is 1.59. The van der Waals surface area contributed by atoms with Crippen LogP contribution in [0.2, 0.25) is 10.0 Å². The number of benzene rings is 1. The van der Waals surface area contributed by atoms with E-state index in [0.29, 0.717) is 22.3 Å². The third-order valence-corrected chi connectivity index (χ3v) is 5.62. The van der Waals surface area contributed by atoms with E-state index in [-0.39, 0.29) is 11.8 Å². The van der Waals surface area contributed by atoms with E-state index < -0.39 is 9.84 Å². The molecule has 18 heavy (non-hydrogen) atoms. The van der Waals surface area contributed by atoms with Gasteiger partial charge in [0.05, 0.1) is 11.5 Å². The second-order valence-electron chi connectivity index (χ2n) is 4.53. The minimum atomic E-state index is -2.89. The van der Waals surface area contributed by atoms with Crippen LogP contribution in [-0.4, -0.2) is 26.0 Å². The number of halogens is 2. The van der Waals surface area contributed by atoms with Crippen molar-refractivity contribution in [3.63, 3.8) is 0 Å². The van der Waals surface area contributed by atoms with Crippen molar-refractivity contribution in [1.29, 1.82) is 0 Å². The van der Waals surface area contributed by atoms with Crippen LogP contribution in [0.15, 0.2) is 18.2 Å². The molecule has 6 heteroatoms. The van der Waals surface area contributed by atoms with Gasteiger partial charge in [-0.2, -0.15) is 0 Å². The molecular formula is C12H15Cl2NO2S. The predicted octanol–water partition coefficient (Wildman–Crippen LogP) is 2.66. The van der Waals surface area contributed by atoms with Gasteiger partial charge in [-0.25, -0.2) is 8.42 Å². The minimum Gasteiger partial charge on any atom is -0.309 e. The van der Waals surface area contributed by atoms with Crippen LogP contribution in [0.3, 0.4) is 0 Å². The quantitative estimate of drug-likeness (QED) is 0.934. The molecular weight excluding hydrogens is 293 g/mol. The largest absolute Gasteiger partial charge is 0.309 e. The maximum absolute atomic E-state index is 11.5. The first-order valence-electron chi connectivity index (χ1n) is 5.84. The Hall–Kier alpha value is -0.290. The van der Waals surface area contributed by atoms with Gasteiger partial charge in [-0.1, -0.05) is 29.3 Å². The molecule has 1 saturated heterocycles. The molecule has 100 valence electrons. The molecule has 0 bridgehead atoms. The molecule has 1 aromatic rings. The summed E-state index contributed by atoms with van der Waals surface area (Å²) in [6.45, 7) is 0.499. The Morgan fingerprint density at radius 3 is 2.56 bits per heavy atom. The van der Waals surface area contributed by atoms with E-state index in [4.69, 9.17) is 23.2 Å². The van der Waals surface area contributed by atoms with Crippen LogP contribution < -0.4 is 5.32 Å². The Bertz CT molecular complexity index is 511. The summed E-state index contributed by atoms with van der Waals surface area (Å²) in [7, 11) is -2.89. The highest BCUT2D eigenvalue weighted by Crippen LogP contribution is 2.24. The molecule has 1 heterocycles. The van der Waals surface area contributed by atoms with Crippen molar-refractivity contribution >= 4 is 33.0 Å². The molecule has 1 aromatic carbocycles. The normalized spacial score (nSPS) is 22.9. The number of nitrogens with one attached hydrogen (secondary N) is 1. The van der Waals surface area contributed by atoms with Crippen LogP contribution in [0.4, 0.5) is 0 Å². The minimum absolute atomic E-state index is 0.00362. The number of rotatable bonds is 3. The van der Waals surface area contributed by atoms with Crippen LogP contribution in [-0.2, 0) is 16.4 Å². The monoisotopic (exact) mass is 307 g/mol. The molecule has 0 saturated carbocycles. The average Bonchev–Trinajstić information content (AvgIpc) is 2.27. The first-order chi connectivity index (χ1) is 8.48. The molecule has 1 N–H and O–H groups in total. The predicted molar refractivity (Wildman–Crippen MR) is 75.0 cm³/mol. The standard InChI is InChI=1S/C12H15Cl2NO2S/c13-11-4-1-5-12(14)10(11)7-15-9-3-2-6-18(16,17)8-9/h1,4-5,9,15H,2-3,6-8H2. The Kier molecular flexibility index (Phi) is 4.54. The van der Waals surface area contributed by atoms with Gasteiger partial charge in [0, 0.05) is 28.2 Å². The fraction of sp³-hybridized carbons (Fsp3) is 0.500. The average molecular weight is 308 g/mol. The number of hydrogen-bond acceptors (Lipinski definition) is 3. The number of sulfone groups is 1. The van der Waals surface area contributed by atoms with Gasteiger partial charge in [-0.05, 0) is 25.0 Å². The summed E-state index contributed by atoms with van der Waals surface area (Å²) in [5.41, 5.74) is 0.823. The van der Waals surface area contributed by atoms with Crippen molar-refractivity contribution in [1.82, 2.24) is 5.32 Å². The molecule has 0 spiro atoms. The highest BCUT2D eigenvalue weighted by Gasteiger charge is 2.24. The topological polar surface area (TPSA) is 46.2 Å². The Balaban J connectivity index is 2.00. The lowest BCUT2D eigenvalue weighted by Crippen LogP contribution is -2.39. The SMILES string of the molecule is O=S1(=O)CCCC(NCc2c(Cl)cccc2Cl)C1. The Morgan fingerprint density at radius 1 is 1.28 bits per heavy atom. The second kappa shape index (κ2) is 5.78. The van der Waals surface area contributed by atoms with E-state index in [0.717, 1.165) is 18.4 Å². The summed E-state index contributed by atoms with van der Waals surface area (Å²) >= 11 is 12.1. The first-order valence-corrected chi connectivity index (χ1v) is 8.42. The van der Waals surface area contributed by atoms with E-state index in [1.807, 2.05) is 0 Å². The Labute approximate surface area is 117 Å². The fourth-order valence-corrected chi connectivity index (χ4v) is 4.33. The van der Waals surface area contributed by atoms with Crippen LogP contribution in [0.1, 0.15) is 18.4 Å². The van der Waals surface area contributed by atoms with Gasteiger partial charge in [-0.15, -0.1) is 0 Å². The van der Waals surface area contributed by atoms with Crippen LogP contribution in [0.5, 0.6) is 0 Å². The molecule has 1 aliphatic rings.